The van der Waals surface area contributed by atoms with E-state index < -0.39 is 17.5 Å². The van der Waals surface area contributed by atoms with Crippen molar-refractivity contribution in [3.63, 3.8) is 0 Å². The largest absolute Gasteiger partial charge is 0.506 e. The van der Waals surface area contributed by atoms with E-state index in [-0.39, 0.29) is 33.6 Å². The summed E-state index contributed by atoms with van der Waals surface area (Å²) >= 11 is 10.8. The maximum absolute atomic E-state index is 14.2. The molecule has 9 heteroatoms. The van der Waals surface area contributed by atoms with Crippen molar-refractivity contribution in [3.8, 4) is 5.75 Å². The van der Waals surface area contributed by atoms with Crippen LogP contribution in [0.1, 0.15) is 21.5 Å². The van der Waals surface area contributed by atoms with E-state index in [4.69, 9.17) is 29.7 Å². The molecule has 2 aromatic carbocycles. The van der Waals surface area contributed by atoms with Gasteiger partial charge < -0.3 is 15.8 Å². The van der Waals surface area contributed by atoms with Crippen molar-refractivity contribution < 1.29 is 14.3 Å². The first kappa shape index (κ1) is 19.0. The lowest BCUT2D eigenvalue weighted by atomic mass is 10.1. The topological polar surface area (TPSA) is 100 Å². The van der Waals surface area contributed by atoms with Crippen LogP contribution in [0.25, 0.3) is 10.9 Å². The summed E-state index contributed by atoms with van der Waals surface area (Å²) in [4.78, 5) is 16.5. The first-order valence-electron chi connectivity index (χ1n) is 7.75. The molecule has 0 bridgehead atoms. The second-order valence-corrected chi connectivity index (χ2v) is 6.50. The number of nitrogens with two attached hydrogens (primary N) is 1. The minimum atomic E-state index is -0.691. The van der Waals surface area contributed by atoms with Crippen LogP contribution in [0.15, 0.2) is 42.6 Å². The standard InChI is InChI=1S/C18H14ClFN4O2S/c19-11-3-1-9(2-4-11)7-23-17(26)13-8-22-15-12(16(13)25)5-10(6-14(15)20)18(27)24-21/h1-6,8H,7,21H2,(H,22,25)(H,23,26)(H,24,27). The highest BCUT2D eigenvalue weighted by Crippen LogP contribution is 2.30. The number of nitrogens with one attached hydrogen (secondary N) is 2. The van der Waals surface area contributed by atoms with Crippen LogP contribution in [0, 0.1) is 5.82 Å². The molecule has 1 heterocycles. The molecule has 0 spiro atoms. The van der Waals surface area contributed by atoms with Crippen molar-refractivity contribution in [2.24, 2.45) is 5.84 Å². The summed E-state index contributed by atoms with van der Waals surface area (Å²) in [5.41, 5.74) is 3.17. The number of hydrogen-bond acceptors (Lipinski definition) is 5. The van der Waals surface area contributed by atoms with Gasteiger partial charge in [0.2, 0.25) is 0 Å². The van der Waals surface area contributed by atoms with E-state index in [2.05, 4.69) is 15.7 Å². The Morgan fingerprint density at radius 1 is 1.30 bits per heavy atom. The van der Waals surface area contributed by atoms with Crippen molar-refractivity contribution >= 4 is 45.6 Å². The highest BCUT2D eigenvalue weighted by molar-refractivity contribution is 7.80. The van der Waals surface area contributed by atoms with Crippen LogP contribution in [0.4, 0.5) is 4.39 Å². The number of hydrazine groups is 1. The number of rotatable bonds is 4. The van der Waals surface area contributed by atoms with E-state index in [0.717, 1.165) is 17.8 Å². The van der Waals surface area contributed by atoms with Gasteiger partial charge in [0.1, 0.15) is 27.6 Å². The third-order valence-electron chi connectivity index (χ3n) is 3.90. The van der Waals surface area contributed by atoms with Crippen LogP contribution in [0.5, 0.6) is 5.75 Å². The molecule has 138 valence electrons. The second-order valence-electron chi connectivity index (χ2n) is 5.66. The molecule has 0 aliphatic heterocycles. The Hall–Kier alpha value is -2.81. The van der Waals surface area contributed by atoms with E-state index in [1.165, 1.54) is 6.07 Å². The Bertz CT molecular complexity index is 1040. The third kappa shape index (κ3) is 3.97. The maximum atomic E-state index is 14.2. The van der Waals surface area contributed by atoms with Crippen molar-refractivity contribution in [2.45, 2.75) is 6.54 Å². The van der Waals surface area contributed by atoms with Gasteiger partial charge in [-0.1, -0.05) is 36.0 Å². The van der Waals surface area contributed by atoms with Crippen molar-refractivity contribution in [3.05, 3.63) is 70.1 Å². The summed E-state index contributed by atoms with van der Waals surface area (Å²) in [5, 5.41) is 13.8. The first-order valence-corrected chi connectivity index (χ1v) is 8.54. The zero-order chi connectivity index (χ0) is 19.6. The number of benzene rings is 2. The zero-order valence-corrected chi connectivity index (χ0v) is 15.4. The number of pyridine rings is 1. The summed E-state index contributed by atoms with van der Waals surface area (Å²) < 4.78 is 14.2. The molecule has 0 saturated carbocycles. The molecule has 0 saturated heterocycles. The number of fused-ring (bicyclic) bond motifs is 1. The fourth-order valence-corrected chi connectivity index (χ4v) is 2.75. The second kappa shape index (κ2) is 7.83. The molecule has 27 heavy (non-hydrogen) atoms. The normalized spacial score (nSPS) is 10.6. The number of nitrogens with zero attached hydrogens (tertiary/aromatic N) is 1. The van der Waals surface area contributed by atoms with Gasteiger partial charge in [-0.05, 0) is 29.8 Å². The number of carbonyl (C=O) groups excluding carboxylic acids is 1. The minimum Gasteiger partial charge on any atom is -0.506 e. The lowest BCUT2D eigenvalue weighted by Gasteiger charge is -2.11. The number of thiocarbonyl (C=S) groups is 1. The Balaban J connectivity index is 1.91. The van der Waals surface area contributed by atoms with E-state index in [0.29, 0.717) is 5.02 Å². The SMILES string of the molecule is NNC(=S)c1cc(F)c2ncc(C(=O)NCc3ccc(Cl)cc3)c(O)c2c1. The predicted octanol–water partition coefficient (Wildman–Crippen LogP) is 2.80. The lowest BCUT2D eigenvalue weighted by molar-refractivity contribution is 0.0948. The molecule has 0 aliphatic carbocycles. The Labute approximate surface area is 164 Å². The summed E-state index contributed by atoms with van der Waals surface area (Å²) in [6, 6.07) is 9.51. The molecule has 0 radical (unpaired) electrons. The molecular formula is C18H14ClFN4O2S. The van der Waals surface area contributed by atoms with Crippen LogP contribution in [-0.2, 0) is 6.54 Å². The summed E-state index contributed by atoms with van der Waals surface area (Å²) in [7, 11) is 0. The molecular weight excluding hydrogens is 391 g/mol. The quantitative estimate of drug-likeness (QED) is 0.303. The van der Waals surface area contributed by atoms with Gasteiger partial charge in [0.05, 0.1) is 0 Å². The molecule has 0 aliphatic rings. The highest BCUT2D eigenvalue weighted by atomic mass is 35.5. The van der Waals surface area contributed by atoms with E-state index in [1.807, 2.05) is 0 Å². The number of halogens is 2. The molecule has 6 nitrogen and oxygen atoms in total. The van der Waals surface area contributed by atoms with Gasteiger partial charge in [-0.3, -0.25) is 9.78 Å². The van der Waals surface area contributed by atoms with E-state index >= 15 is 0 Å². The Kier molecular flexibility index (Phi) is 5.50. The van der Waals surface area contributed by atoms with Gasteiger partial charge in [0, 0.05) is 28.7 Å². The van der Waals surface area contributed by atoms with Gasteiger partial charge >= 0.3 is 0 Å². The molecule has 0 fully saturated rings. The number of hydrogen-bond donors (Lipinski definition) is 4. The summed E-state index contributed by atoms with van der Waals surface area (Å²) in [6.07, 6.45) is 1.12. The minimum absolute atomic E-state index is 0.0572. The number of aromatic nitrogens is 1. The number of carbonyl (C=O) groups is 1. The average Bonchev–Trinajstić information content (AvgIpc) is 2.67. The van der Waals surface area contributed by atoms with Gasteiger partial charge in [0.25, 0.3) is 5.91 Å². The van der Waals surface area contributed by atoms with Gasteiger partial charge in [-0.2, -0.15) is 0 Å². The fraction of sp³-hybridized carbons (Fsp3) is 0.0556. The van der Waals surface area contributed by atoms with E-state index in [9.17, 15) is 14.3 Å². The predicted molar refractivity (Wildman–Crippen MR) is 105 cm³/mol. The van der Waals surface area contributed by atoms with Crippen LogP contribution >= 0.6 is 23.8 Å². The van der Waals surface area contributed by atoms with Crippen molar-refractivity contribution in [2.75, 3.05) is 0 Å². The Morgan fingerprint density at radius 3 is 2.67 bits per heavy atom. The van der Waals surface area contributed by atoms with Crippen LogP contribution in [0.2, 0.25) is 5.02 Å². The molecule has 5 N–H and O–H groups in total. The summed E-state index contributed by atoms with van der Waals surface area (Å²) in [5.74, 6) is 3.62. The first-order chi connectivity index (χ1) is 12.9. The smallest absolute Gasteiger partial charge is 0.256 e. The lowest BCUT2D eigenvalue weighted by Crippen LogP contribution is -2.29. The van der Waals surface area contributed by atoms with Crippen LogP contribution < -0.4 is 16.6 Å². The monoisotopic (exact) mass is 404 g/mol. The molecule has 0 atom stereocenters. The Morgan fingerprint density at radius 2 is 2.00 bits per heavy atom. The van der Waals surface area contributed by atoms with Gasteiger partial charge in [0.15, 0.2) is 0 Å². The van der Waals surface area contributed by atoms with Crippen molar-refractivity contribution in [1.82, 2.24) is 15.7 Å². The van der Waals surface area contributed by atoms with Crippen molar-refractivity contribution in [1.29, 1.82) is 0 Å². The maximum Gasteiger partial charge on any atom is 0.256 e. The zero-order valence-electron chi connectivity index (χ0n) is 13.8. The molecule has 3 rings (SSSR count). The molecule has 1 aromatic heterocycles. The van der Waals surface area contributed by atoms with Crippen LogP contribution in [0.3, 0.4) is 0 Å². The molecule has 3 aromatic rings. The molecule has 1 amide bonds. The van der Waals surface area contributed by atoms with Gasteiger partial charge in [-0.15, -0.1) is 0 Å². The third-order valence-corrected chi connectivity index (χ3v) is 4.51. The average molecular weight is 405 g/mol. The molecule has 0 unspecified atom stereocenters. The number of aromatic hydroxyl groups is 1. The van der Waals surface area contributed by atoms with E-state index in [1.54, 1.807) is 24.3 Å². The fourth-order valence-electron chi connectivity index (χ4n) is 2.51. The highest BCUT2D eigenvalue weighted by Gasteiger charge is 2.18. The number of amides is 1. The van der Waals surface area contributed by atoms with Gasteiger partial charge in [-0.25, -0.2) is 10.2 Å². The van der Waals surface area contributed by atoms with Crippen LogP contribution in [-0.4, -0.2) is 21.0 Å². The summed E-state index contributed by atoms with van der Waals surface area (Å²) in [6.45, 7) is 0.225.